The minimum atomic E-state index is -2.28. The Morgan fingerprint density at radius 2 is 1.82 bits per heavy atom. The second kappa shape index (κ2) is 8.77. The van der Waals surface area contributed by atoms with Gasteiger partial charge in [0.1, 0.15) is 0 Å². The van der Waals surface area contributed by atoms with Crippen LogP contribution in [0, 0.1) is 13.8 Å². The highest BCUT2D eigenvalue weighted by Gasteiger charge is 2.18. The standard InChI is InChI=1S/C21H21N3O3S/c1-15-5-7-19(8-6-15)24(28(26)27)20-11-16(2)10-18(12-20)21(25)23-14-17-4-3-9-22-13-17/h3-13H,14H2,1-2H3,(H,23,25)(H,26,27). The Kier molecular flexibility index (Phi) is 6.18. The fourth-order valence-corrected chi connectivity index (χ4v) is 3.40. The van der Waals surface area contributed by atoms with E-state index >= 15 is 0 Å². The maximum Gasteiger partial charge on any atom is 0.266 e. The van der Waals surface area contributed by atoms with Crippen LogP contribution in [0.5, 0.6) is 0 Å². The van der Waals surface area contributed by atoms with Crippen molar-refractivity contribution in [3.8, 4) is 0 Å². The predicted octanol–water partition coefficient (Wildman–Crippen LogP) is 3.90. The zero-order valence-corrected chi connectivity index (χ0v) is 16.4. The lowest BCUT2D eigenvalue weighted by atomic mass is 10.1. The van der Waals surface area contributed by atoms with E-state index in [1.54, 1.807) is 42.7 Å². The van der Waals surface area contributed by atoms with E-state index in [4.69, 9.17) is 0 Å². The van der Waals surface area contributed by atoms with Crippen molar-refractivity contribution in [2.45, 2.75) is 20.4 Å². The van der Waals surface area contributed by atoms with E-state index in [-0.39, 0.29) is 5.91 Å². The van der Waals surface area contributed by atoms with Gasteiger partial charge in [0.15, 0.2) is 0 Å². The number of nitrogens with one attached hydrogen (secondary N) is 1. The smallest absolute Gasteiger partial charge is 0.266 e. The molecule has 1 atom stereocenters. The van der Waals surface area contributed by atoms with Crippen LogP contribution in [-0.4, -0.2) is 19.7 Å². The molecule has 0 bridgehead atoms. The summed E-state index contributed by atoms with van der Waals surface area (Å²) in [4.78, 5) is 16.6. The molecule has 2 N–H and O–H groups in total. The molecule has 0 radical (unpaired) electrons. The van der Waals surface area contributed by atoms with Gasteiger partial charge in [-0.05, 0) is 61.4 Å². The molecule has 2 aromatic carbocycles. The molecular weight excluding hydrogens is 374 g/mol. The van der Waals surface area contributed by atoms with Gasteiger partial charge in [-0.3, -0.25) is 14.3 Å². The number of anilines is 2. The highest BCUT2D eigenvalue weighted by molar-refractivity contribution is 7.81. The van der Waals surface area contributed by atoms with E-state index in [1.165, 1.54) is 4.31 Å². The van der Waals surface area contributed by atoms with Crippen LogP contribution >= 0.6 is 0 Å². The lowest BCUT2D eigenvalue weighted by Crippen LogP contribution is -2.24. The zero-order valence-electron chi connectivity index (χ0n) is 15.6. The number of hydrogen-bond donors (Lipinski definition) is 2. The van der Waals surface area contributed by atoms with E-state index in [2.05, 4.69) is 10.3 Å². The van der Waals surface area contributed by atoms with E-state index in [1.807, 2.05) is 38.1 Å². The molecule has 0 aliphatic carbocycles. The van der Waals surface area contributed by atoms with Crippen molar-refractivity contribution in [2.24, 2.45) is 0 Å². The number of carbonyl (C=O) groups excluding carboxylic acids is 1. The minimum Gasteiger partial charge on any atom is -0.348 e. The number of amides is 1. The molecule has 7 heteroatoms. The summed E-state index contributed by atoms with van der Waals surface area (Å²) in [7, 11) is 0. The van der Waals surface area contributed by atoms with Crippen molar-refractivity contribution < 1.29 is 13.6 Å². The highest BCUT2D eigenvalue weighted by Crippen LogP contribution is 2.29. The average molecular weight is 395 g/mol. The summed E-state index contributed by atoms with van der Waals surface area (Å²) < 4.78 is 23.2. The third kappa shape index (κ3) is 4.82. The molecule has 144 valence electrons. The monoisotopic (exact) mass is 395 g/mol. The summed E-state index contributed by atoms with van der Waals surface area (Å²) >= 11 is -2.28. The number of hydrogen-bond acceptors (Lipinski definition) is 3. The van der Waals surface area contributed by atoms with E-state index < -0.39 is 11.3 Å². The molecule has 0 aliphatic heterocycles. The fourth-order valence-electron chi connectivity index (χ4n) is 2.81. The van der Waals surface area contributed by atoms with Crippen LogP contribution < -0.4 is 9.62 Å². The number of benzene rings is 2. The van der Waals surface area contributed by atoms with Crippen LogP contribution in [0.4, 0.5) is 11.4 Å². The van der Waals surface area contributed by atoms with Crippen LogP contribution in [0.25, 0.3) is 0 Å². The van der Waals surface area contributed by atoms with Gasteiger partial charge in [0.05, 0.1) is 11.4 Å². The van der Waals surface area contributed by atoms with Crippen molar-refractivity contribution >= 4 is 28.5 Å². The summed E-state index contributed by atoms with van der Waals surface area (Å²) in [6, 6.07) is 16.1. The van der Waals surface area contributed by atoms with Crippen LogP contribution in [0.1, 0.15) is 27.0 Å². The quantitative estimate of drug-likeness (QED) is 0.620. The first-order valence-electron chi connectivity index (χ1n) is 8.70. The maximum absolute atomic E-state index is 12.6. The Hall–Kier alpha value is -3.03. The number of pyridine rings is 1. The highest BCUT2D eigenvalue weighted by atomic mass is 32.2. The van der Waals surface area contributed by atoms with Crippen molar-refractivity contribution in [1.82, 2.24) is 10.3 Å². The van der Waals surface area contributed by atoms with Gasteiger partial charge in [-0.2, -0.15) is 0 Å². The van der Waals surface area contributed by atoms with Crippen LogP contribution in [0.3, 0.4) is 0 Å². The van der Waals surface area contributed by atoms with Crippen LogP contribution in [-0.2, 0) is 17.8 Å². The number of aryl methyl sites for hydroxylation is 2. The van der Waals surface area contributed by atoms with Gasteiger partial charge in [0, 0.05) is 24.5 Å². The molecule has 1 amide bonds. The maximum atomic E-state index is 12.6. The second-order valence-corrected chi connectivity index (χ2v) is 7.29. The molecule has 0 aliphatic rings. The minimum absolute atomic E-state index is 0.263. The normalized spacial score (nSPS) is 11.7. The van der Waals surface area contributed by atoms with Gasteiger partial charge in [-0.1, -0.05) is 23.8 Å². The van der Waals surface area contributed by atoms with Crippen molar-refractivity contribution in [3.05, 3.63) is 89.2 Å². The number of carbonyl (C=O) groups is 1. The number of aromatic nitrogens is 1. The lowest BCUT2D eigenvalue weighted by Gasteiger charge is -2.21. The second-order valence-electron chi connectivity index (χ2n) is 6.46. The Bertz CT molecular complexity index is 992. The average Bonchev–Trinajstić information content (AvgIpc) is 2.68. The predicted molar refractivity (Wildman–Crippen MR) is 111 cm³/mol. The molecule has 3 rings (SSSR count). The third-order valence-electron chi connectivity index (χ3n) is 4.16. The van der Waals surface area contributed by atoms with Crippen molar-refractivity contribution in [1.29, 1.82) is 0 Å². The molecule has 0 fully saturated rings. The van der Waals surface area contributed by atoms with Gasteiger partial charge in [-0.25, -0.2) is 8.51 Å². The number of rotatable bonds is 6. The lowest BCUT2D eigenvalue weighted by molar-refractivity contribution is 0.0951. The summed E-state index contributed by atoms with van der Waals surface area (Å²) in [5.74, 6) is -0.263. The Balaban J connectivity index is 1.87. The largest absolute Gasteiger partial charge is 0.348 e. The summed E-state index contributed by atoms with van der Waals surface area (Å²) in [6.45, 7) is 4.14. The first kappa shape index (κ1) is 19.7. The van der Waals surface area contributed by atoms with E-state index in [9.17, 15) is 13.6 Å². The van der Waals surface area contributed by atoms with Crippen molar-refractivity contribution in [3.63, 3.8) is 0 Å². The molecule has 1 aromatic heterocycles. The summed E-state index contributed by atoms with van der Waals surface area (Å²) in [6.07, 6.45) is 3.36. The molecule has 0 spiro atoms. The SMILES string of the molecule is Cc1ccc(N(c2cc(C)cc(C(=O)NCc3cccnc3)c2)S(=O)O)cc1. The zero-order chi connectivity index (χ0) is 20.1. The van der Waals surface area contributed by atoms with E-state index in [0.29, 0.717) is 23.5 Å². The fraction of sp³-hybridized carbons (Fsp3) is 0.143. The topological polar surface area (TPSA) is 82.5 Å². The first-order valence-corrected chi connectivity index (χ1v) is 9.77. The molecule has 0 saturated heterocycles. The molecule has 3 aromatic rings. The van der Waals surface area contributed by atoms with E-state index in [0.717, 1.165) is 16.7 Å². The number of nitrogens with zero attached hydrogens (tertiary/aromatic N) is 2. The van der Waals surface area contributed by atoms with Gasteiger partial charge in [0.25, 0.3) is 17.2 Å². The molecule has 0 saturated carbocycles. The summed E-state index contributed by atoms with van der Waals surface area (Å²) in [5.41, 5.74) is 4.21. The van der Waals surface area contributed by atoms with Crippen LogP contribution in [0.2, 0.25) is 0 Å². The molecule has 1 unspecified atom stereocenters. The Morgan fingerprint density at radius 3 is 2.46 bits per heavy atom. The van der Waals surface area contributed by atoms with Crippen molar-refractivity contribution in [2.75, 3.05) is 4.31 Å². The molecule has 1 heterocycles. The first-order chi connectivity index (χ1) is 13.4. The van der Waals surface area contributed by atoms with Gasteiger partial charge in [0.2, 0.25) is 0 Å². The van der Waals surface area contributed by atoms with Crippen LogP contribution in [0.15, 0.2) is 67.0 Å². The van der Waals surface area contributed by atoms with Gasteiger partial charge in [-0.15, -0.1) is 0 Å². The molecule has 6 nitrogen and oxygen atoms in total. The summed E-state index contributed by atoms with van der Waals surface area (Å²) in [5, 5.41) is 2.85. The Labute approximate surface area is 166 Å². The molecule has 28 heavy (non-hydrogen) atoms. The van der Waals surface area contributed by atoms with Gasteiger partial charge < -0.3 is 5.32 Å². The third-order valence-corrected chi connectivity index (χ3v) is 4.89. The Morgan fingerprint density at radius 1 is 1.07 bits per heavy atom. The molecular formula is C21H21N3O3S. The van der Waals surface area contributed by atoms with Gasteiger partial charge >= 0.3 is 0 Å².